The van der Waals surface area contributed by atoms with E-state index in [1.807, 2.05) is 6.92 Å². The normalized spacial score (nSPS) is 26.6. The van der Waals surface area contributed by atoms with Crippen LogP contribution in [0.2, 0.25) is 0 Å². The van der Waals surface area contributed by atoms with Gasteiger partial charge in [0.15, 0.2) is 0 Å². The van der Waals surface area contributed by atoms with Gasteiger partial charge in [-0.05, 0) is 45.1 Å². The minimum atomic E-state index is -0.679. The predicted molar refractivity (Wildman–Crippen MR) is 74.9 cm³/mol. The third kappa shape index (κ3) is 2.46. The molecule has 0 saturated carbocycles. The van der Waals surface area contributed by atoms with Gasteiger partial charge in [-0.15, -0.1) is 35.3 Å². The summed E-state index contributed by atoms with van der Waals surface area (Å²) in [5.41, 5.74) is -0.679. The van der Waals surface area contributed by atoms with Gasteiger partial charge < -0.3 is 10.4 Å². The highest BCUT2D eigenvalue weighted by atomic mass is 32.3. The molecule has 2 atom stereocenters. The molecule has 1 aliphatic rings. The Hall–Kier alpha value is 0.970. The highest BCUT2D eigenvalue weighted by Gasteiger charge is 2.51. The number of hydrogen-bond acceptors (Lipinski definition) is 5. The molecule has 0 unspecified atom stereocenters. The fourth-order valence-corrected chi connectivity index (χ4v) is 5.91. The van der Waals surface area contributed by atoms with Crippen LogP contribution >= 0.6 is 35.3 Å². The first-order valence-corrected chi connectivity index (χ1v) is 8.82. The van der Waals surface area contributed by atoms with Crippen LogP contribution in [-0.4, -0.2) is 45.5 Å². The van der Waals surface area contributed by atoms with Crippen molar-refractivity contribution in [1.29, 1.82) is 0 Å². The Morgan fingerprint density at radius 3 is 2.07 bits per heavy atom. The highest BCUT2D eigenvalue weighted by molar-refractivity contribution is 8.33. The van der Waals surface area contributed by atoms with Crippen molar-refractivity contribution in [2.75, 3.05) is 25.3 Å². The number of nitrogens with one attached hydrogen (secondary N) is 1. The SMILES string of the molecule is CSC(SC)(SC)[C@](C)(O)[C@@H]1CCCN1. The van der Waals surface area contributed by atoms with Gasteiger partial charge >= 0.3 is 0 Å². The Balaban J connectivity index is 2.88. The molecule has 0 spiro atoms. The monoisotopic (exact) mass is 267 g/mol. The lowest BCUT2D eigenvalue weighted by Crippen LogP contribution is -2.56. The second kappa shape index (κ2) is 5.54. The van der Waals surface area contributed by atoms with E-state index < -0.39 is 5.60 Å². The molecule has 0 amide bonds. The number of aliphatic hydroxyl groups is 1. The molecular weight excluding hydrogens is 246 g/mol. The molecule has 1 fully saturated rings. The van der Waals surface area contributed by atoms with Crippen LogP contribution in [0.3, 0.4) is 0 Å². The third-order valence-electron chi connectivity index (χ3n) is 3.16. The summed E-state index contributed by atoms with van der Waals surface area (Å²) in [6.45, 7) is 3.01. The van der Waals surface area contributed by atoms with Crippen LogP contribution in [0, 0.1) is 0 Å². The molecule has 15 heavy (non-hydrogen) atoms. The van der Waals surface area contributed by atoms with Gasteiger partial charge in [-0.2, -0.15) is 0 Å². The van der Waals surface area contributed by atoms with Crippen LogP contribution in [0.15, 0.2) is 0 Å². The maximum Gasteiger partial charge on any atom is 0.136 e. The molecule has 0 aromatic heterocycles. The molecule has 2 N–H and O–H groups in total. The van der Waals surface area contributed by atoms with E-state index in [1.165, 1.54) is 6.42 Å². The molecule has 1 rings (SSSR count). The van der Waals surface area contributed by atoms with E-state index in [4.69, 9.17) is 0 Å². The Morgan fingerprint density at radius 1 is 1.20 bits per heavy atom. The Kier molecular flexibility index (Phi) is 5.18. The topological polar surface area (TPSA) is 32.3 Å². The van der Waals surface area contributed by atoms with Crippen molar-refractivity contribution in [2.45, 2.75) is 34.8 Å². The first kappa shape index (κ1) is 14.0. The zero-order valence-corrected chi connectivity index (χ0v) is 12.3. The lowest BCUT2D eigenvalue weighted by Gasteiger charge is -2.45. The minimum absolute atomic E-state index is 0.172. The highest BCUT2D eigenvalue weighted by Crippen LogP contribution is 2.53. The van der Waals surface area contributed by atoms with Crippen molar-refractivity contribution >= 4 is 35.3 Å². The fourth-order valence-electron chi connectivity index (χ4n) is 2.25. The van der Waals surface area contributed by atoms with Crippen LogP contribution in [0.4, 0.5) is 0 Å². The zero-order valence-electron chi connectivity index (χ0n) is 9.87. The van der Waals surface area contributed by atoms with Crippen molar-refractivity contribution in [1.82, 2.24) is 5.32 Å². The summed E-state index contributed by atoms with van der Waals surface area (Å²) in [4.78, 5) is 0. The van der Waals surface area contributed by atoms with Gasteiger partial charge in [0.25, 0.3) is 0 Å². The molecule has 5 heteroatoms. The molecule has 2 nitrogen and oxygen atoms in total. The maximum atomic E-state index is 10.8. The molecule has 1 saturated heterocycles. The van der Waals surface area contributed by atoms with Gasteiger partial charge in [-0.3, -0.25) is 0 Å². The van der Waals surface area contributed by atoms with E-state index in [1.54, 1.807) is 35.3 Å². The largest absolute Gasteiger partial charge is 0.385 e. The minimum Gasteiger partial charge on any atom is -0.385 e. The van der Waals surface area contributed by atoms with Crippen molar-refractivity contribution in [3.63, 3.8) is 0 Å². The van der Waals surface area contributed by atoms with Crippen molar-refractivity contribution in [3.8, 4) is 0 Å². The average molecular weight is 267 g/mol. The van der Waals surface area contributed by atoms with Crippen LogP contribution in [0.25, 0.3) is 0 Å². The Labute approximate surface area is 106 Å². The lowest BCUT2D eigenvalue weighted by atomic mass is 9.97. The molecule has 0 radical (unpaired) electrons. The Morgan fingerprint density at radius 2 is 1.73 bits per heavy atom. The Bertz CT molecular complexity index is 193. The van der Waals surface area contributed by atoms with E-state index in [9.17, 15) is 5.11 Å². The molecule has 0 aromatic rings. The fraction of sp³-hybridized carbons (Fsp3) is 1.00. The number of thioether (sulfide) groups is 3. The smallest absolute Gasteiger partial charge is 0.136 e. The summed E-state index contributed by atoms with van der Waals surface area (Å²) in [6.07, 6.45) is 8.49. The van der Waals surface area contributed by atoms with Crippen LogP contribution in [0.1, 0.15) is 19.8 Å². The van der Waals surface area contributed by atoms with Gasteiger partial charge in [0.1, 0.15) is 9.01 Å². The maximum absolute atomic E-state index is 10.8. The van der Waals surface area contributed by atoms with E-state index in [-0.39, 0.29) is 9.45 Å². The molecule has 1 aliphatic heterocycles. The molecule has 1 heterocycles. The zero-order chi connectivity index (χ0) is 11.5. The predicted octanol–water partition coefficient (Wildman–Crippen LogP) is 2.23. The quantitative estimate of drug-likeness (QED) is 0.746. The van der Waals surface area contributed by atoms with Gasteiger partial charge in [0, 0.05) is 6.04 Å². The summed E-state index contributed by atoms with van der Waals surface area (Å²) in [6, 6.07) is 0.227. The van der Waals surface area contributed by atoms with E-state index >= 15 is 0 Å². The van der Waals surface area contributed by atoms with Crippen LogP contribution in [-0.2, 0) is 0 Å². The van der Waals surface area contributed by atoms with Gasteiger partial charge in [-0.25, -0.2) is 0 Å². The standard InChI is InChI=1S/C10H21NOS3/c1-9(12,8-6-5-7-11-8)10(13-2,14-3)15-4/h8,11-12H,5-7H2,1-4H3/t8-,9+/m0/s1. The number of rotatable bonds is 5. The molecular formula is C10H21NOS3. The second-order valence-corrected chi connectivity index (χ2v) is 7.80. The number of hydrogen-bond donors (Lipinski definition) is 2. The summed E-state index contributed by atoms with van der Waals surface area (Å²) >= 11 is 5.24. The van der Waals surface area contributed by atoms with E-state index in [0.717, 1.165) is 13.0 Å². The average Bonchev–Trinajstić information content (AvgIpc) is 2.74. The van der Waals surface area contributed by atoms with Gasteiger partial charge in [-0.1, -0.05) is 0 Å². The summed E-state index contributed by atoms with van der Waals surface area (Å²) in [5.74, 6) is 0. The van der Waals surface area contributed by atoms with Crippen molar-refractivity contribution in [2.24, 2.45) is 0 Å². The van der Waals surface area contributed by atoms with E-state index in [2.05, 4.69) is 24.1 Å². The molecule has 90 valence electrons. The van der Waals surface area contributed by atoms with Crippen molar-refractivity contribution < 1.29 is 5.11 Å². The first-order valence-electron chi connectivity index (χ1n) is 5.15. The van der Waals surface area contributed by atoms with Crippen molar-refractivity contribution in [3.05, 3.63) is 0 Å². The first-order chi connectivity index (χ1) is 7.04. The third-order valence-corrected chi connectivity index (χ3v) is 9.02. The second-order valence-electron chi connectivity index (χ2n) is 3.97. The molecule has 0 aliphatic carbocycles. The molecule has 0 bridgehead atoms. The summed E-state index contributed by atoms with van der Waals surface area (Å²) < 4.78 is -0.172. The molecule has 0 aromatic carbocycles. The van der Waals surface area contributed by atoms with E-state index in [0.29, 0.717) is 0 Å². The summed E-state index contributed by atoms with van der Waals surface area (Å²) in [5, 5.41) is 14.2. The van der Waals surface area contributed by atoms with Crippen LogP contribution < -0.4 is 5.32 Å². The summed E-state index contributed by atoms with van der Waals surface area (Å²) in [7, 11) is 0. The van der Waals surface area contributed by atoms with Gasteiger partial charge in [0.05, 0.1) is 0 Å². The van der Waals surface area contributed by atoms with Gasteiger partial charge in [0.2, 0.25) is 0 Å². The lowest BCUT2D eigenvalue weighted by molar-refractivity contribution is 0.0352. The van der Waals surface area contributed by atoms with Crippen LogP contribution in [0.5, 0.6) is 0 Å².